The predicted molar refractivity (Wildman–Crippen MR) is 114 cm³/mol. The summed E-state index contributed by atoms with van der Waals surface area (Å²) in [5, 5.41) is 3.90. The van der Waals surface area contributed by atoms with Gasteiger partial charge in [0.2, 0.25) is 5.91 Å². The molecule has 5 nitrogen and oxygen atoms in total. The van der Waals surface area contributed by atoms with Crippen molar-refractivity contribution in [2.75, 3.05) is 32.8 Å². The Bertz CT molecular complexity index is 958. The van der Waals surface area contributed by atoms with Gasteiger partial charge < -0.3 is 19.7 Å². The summed E-state index contributed by atoms with van der Waals surface area (Å²) in [5.74, 6) is 1.61. The fourth-order valence-corrected chi connectivity index (χ4v) is 5.02. The molecule has 30 heavy (non-hydrogen) atoms. The lowest BCUT2D eigenvalue weighted by Crippen LogP contribution is -2.35. The van der Waals surface area contributed by atoms with E-state index < -0.39 is 0 Å². The highest BCUT2D eigenvalue weighted by Gasteiger charge is 2.46. The van der Waals surface area contributed by atoms with Gasteiger partial charge in [-0.3, -0.25) is 4.79 Å². The van der Waals surface area contributed by atoms with Gasteiger partial charge in [0.15, 0.2) is 11.5 Å². The maximum atomic E-state index is 13.9. The molecule has 3 aliphatic rings. The normalized spacial score (nSPS) is 24.3. The number of ether oxygens (including phenoxy) is 2. The second-order valence-corrected chi connectivity index (χ2v) is 8.30. The summed E-state index contributed by atoms with van der Waals surface area (Å²) in [6, 6.07) is 9.98. The van der Waals surface area contributed by atoms with Gasteiger partial charge in [-0.1, -0.05) is 23.7 Å². The lowest BCUT2D eigenvalue weighted by molar-refractivity contribution is -0.131. The molecule has 3 aliphatic heterocycles. The average Bonchev–Trinajstić information content (AvgIpc) is 3.29. The Balaban J connectivity index is 0.00000218. The molecule has 0 unspecified atom stereocenters. The zero-order valence-corrected chi connectivity index (χ0v) is 17.8. The van der Waals surface area contributed by atoms with Crippen molar-refractivity contribution in [3.05, 3.63) is 58.4 Å². The Morgan fingerprint density at radius 1 is 1.17 bits per heavy atom. The molecule has 8 heteroatoms. The topological polar surface area (TPSA) is 50.8 Å². The summed E-state index contributed by atoms with van der Waals surface area (Å²) >= 11 is 6.42. The molecule has 1 amide bonds. The molecule has 0 aromatic heterocycles. The SMILES string of the molecule is Cl.O=C(Cc1cc2c(cc1Cl)OCCO2)N1C[C@@H]2CNC[C@@H]2[C@H]1c1cccc(F)c1. The van der Waals surface area contributed by atoms with Gasteiger partial charge in [0.25, 0.3) is 0 Å². The minimum atomic E-state index is -0.279. The molecule has 2 aromatic rings. The molecule has 0 bridgehead atoms. The van der Waals surface area contributed by atoms with E-state index in [-0.39, 0.29) is 42.5 Å². The minimum Gasteiger partial charge on any atom is -0.486 e. The number of amides is 1. The van der Waals surface area contributed by atoms with Crippen LogP contribution in [0.5, 0.6) is 11.5 Å². The van der Waals surface area contributed by atoms with Crippen molar-refractivity contribution in [3.63, 3.8) is 0 Å². The molecule has 2 fully saturated rings. The van der Waals surface area contributed by atoms with Gasteiger partial charge in [0.05, 0.1) is 12.5 Å². The van der Waals surface area contributed by atoms with E-state index in [1.54, 1.807) is 24.3 Å². The molecule has 3 heterocycles. The maximum Gasteiger partial charge on any atom is 0.227 e. The van der Waals surface area contributed by atoms with E-state index >= 15 is 0 Å². The lowest BCUT2D eigenvalue weighted by Gasteiger charge is -2.29. The first-order chi connectivity index (χ1) is 14.1. The van der Waals surface area contributed by atoms with Crippen LogP contribution in [0.1, 0.15) is 17.2 Å². The number of nitrogens with zero attached hydrogens (tertiary/aromatic N) is 1. The van der Waals surface area contributed by atoms with Crippen LogP contribution in [0.4, 0.5) is 4.39 Å². The van der Waals surface area contributed by atoms with Crippen molar-refractivity contribution < 1.29 is 18.7 Å². The largest absolute Gasteiger partial charge is 0.486 e. The van der Waals surface area contributed by atoms with Gasteiger partial charge in [0, 0.05) is 36.6 Å². The van der Waals surface area contributed by atoms with E-state index in [0.29, 0.717) is 47.8 Å². The molecular weight excluding hydrogens is 430 g/mol. The Morgan fingerprint density at radius 2 is 1.93 bits per heavy atom. The van der Waals surface area contributed by atoms with Gasteiger partial charge >= 0.3 is 0 Å². The molecule has 0 saturated carbocycles. The van der Waals surface area contributed by atoms with Crippen LogP contribution in [0, 0.1) is 17.7 Å². The molecule has 3 atom stereocenters. The van der Waals surface area contributed by atoms with Crippen molar-refractivity contribution in [1.82, 2.24) is 10.2 Å². The van der Waals surface area contributed by atoms with Crippen molar-refractivity contribution in [2.24, 2.45) is 11.8 Å². The second kappa shape index (κ2) is 8.61. The molecule has 5 rings (SSSR count). The van der Waals surface area contributed by atoms with E-state index in [0.717, 1.165) is 18.7 Å². The highest BCUT2D eigenvalue weighted by atomic mass is 35.5. The standard InChI is InChI=1S/C22H22ClFN2O3.ClH/c23-18-9-20-19(28-4-5-29-20)7-14(18)8-21(27)26-12-15-10-25-11-17(15)22(26)13-2-1-3-16(24)6-13;/h1-3,6-7,9,15,17,22,25H,4-5,8,10-12H2;1H/t15-,17-,22+;/m0./s1. The number of likely N-dealkylation sites (tertiary alicyclic amines) is 1. The Kier molecular flexibility index (Phi) is 6.09. The van der Waals surface area contributed by atoms with Gasteiger partial charge in [-0.25, -0.2) is 4.39 Å². The lowest BCUT2D eigenvalue weighted by atomic mass is 9.89. The quantitative estimate of drug-likeness (QED) is 0.772. The Labute approximate surface area is 185 Å². The number of benzene rings is 2. The first-order valence-electron chi connectivity index (χ1n) is 9.94. The van der Waals surface area contributed by atoms with Crippen LogP contribution in [0.2, 0.25) is 5.02 Å². The second-order valence-electron chi connectivity index (χ2n) is 7.89. The van der Waals surface area contributed by atoms with Crippen molar-refractivity contribution in [3.8, 4) is 11.5 Å². The number of halogens is 3. The van der Waals surface area contributed by atoms with E-state index in [1.807, 2.05) is 11.0 Å². The monoisotopic (exact) mass is 452 g/mol. The van der Waals surface area contributed by atoms with E-state index in [4.69, 9.17) is 21.1 Å². The molecule has 0 spiro atoms. The van der Waals surface area contributed by atoms with Gasteiger partial charge in [0.1, 0.15) is 19.0 Å². The third kappa shape index (κ3) is 3.84. The van der Waals surface area contributed by atoms with Crippen molar-refractivity contribution in [2.45, 2.75) is 12.5 Å². The van der Waals surface area contributed by atoms with Crippen molar-refractivity contribution in [1.29, 1.82) is 0 Å². The van der Waals surface area contributed by atoms with E-state index in [1.165, 1.54) is 6.07 Å². The summed E-state index contributed by atoms with van der Waals surface area (Å²) in [4.78, 5) is 15.2. The van der Waals surface area contributed by atoms with E-state index in [9.17, 15) is 9.18 Å². The van der Waals surface area contributed by atoms with Gasteiger partial charge in [-0.15, -0.1) is 12.4 Å². The number of hydrogen-bond acceptors (Lipinski definition) is 4. The highest BCUT2D eigenvalue weighted by molar-refractivity contribution is 6.31. The minimum absolute atomic E-state index is 0. The first-order valence-corrected chi connectivity index (χ1v) is 10.3. The molecule has 2 saturated heterocycles. The van der Waals surface area contributed by atoms with Crippen LogP contribution in [0.3, 0.4) is 0 Å². The molecule has 2 aromatic carbocycles. The maximum absolute atomic E-state index is 13.9. The first kappa shape index (κ1) is 21.2. The zero-order chi connectivity index (χ0) is 20.0. The number of hydrogen-bond donors (Lipinski definition) is 1. The molecule has 0 aliphatic carbocycles. The third-order valence-electron chi connectivity index (χ3n) is 6.13. The van der Waals surface area contributed by atoms with Crippen molar-refractivity contribution >= 4 is 29.9 Å². The number of fused-ring (bicyclic) bond motifs is 2. The molecule has 0 radical (unpaired) electrons. The van der Waals surface area contributed by atoms with E-state index in [2.05, 4.69) is 5.32 Å². The number of rotatable bonds is 3. The molecular formula is C22H23Cl2FN2O3. The fourth-order valence-electron chi connectivity index (χ4n) is 4.80. The van der Waals surface area contributed by atoms with Crippen LogP contribution in [0.15, 0.2) is 36.4 Å². The highest BCUT2D eigenvalue weighted by Crippen LogP contribution is 2.43. The van der Waals surface area contributed by atoms with Crippen LogP contribution < -0.4 is 14.8 Å². The van der Waals surface area contributed by atoms with Crippen LogP contribution in [0.25, 0.3) is 0 Å². The fraction of sp³-hybridized carbons (Fsp3) is 0.409. The summed E-state index contributed by atoms with van der Waals surface area (Å²) in [5.41, 5.74) is 1.57. The third-order valence-corrected chi connectivity index (χ3v) is 6.48. The summed E-state index contributed by atoms with van der Waals surface area (Å²) in [7, 11) is 0. The summed E-state index contributed by atoms with van der Waals surface area (Å²) < 4.78 is 25.1. The summed E-state index contributed by atoms with van der Waals surface area (Å²) in [6.45, 7) is 3.35. The average molecular weight is 453 g/mol. The van der Waals surface area contributed by atoms with Crippen LogP contribution in [-0.2, 0) is 11.2 Å². The Morgan fingerprint density at radius 3 is 2.70 bits per heavy atom. The summed E-state index contributed by atoms with van der Waals surface area (Å²) in [6.07, 6.45) is 0.175. The van der Waals surface area contributed by atoms with Gasteiger partial charge in [-0.2, -0.15) is 0 Å². The number of nitrogens with one attached hydrogen (secondary N) is 1. The number of carbonyl (C=O) groups excluding carboxylic acids is 1. The predicted octanol–water partition coefficient (Wildman–Crippen LogP) is 3.63. The Hall–Kier alpha value is -2.02. The molecule has 1 N–H and O–H groups in total. The van der Waals surface area contributed by atoms with Gasteiger partial charge in [-0.05, 0) is 35.2 Å². The smallest absolute Gasteiger partial charge is 0.227 e. The van der Waals surface area contributed by atoms with Crippen LogP contribution >= 0.6 is 24.0 Å². The van der Waals surface area contributed by atoms with Crippen LogP contribution in [-0.4, -0.2) is 43.7 Å². The number of carbonyl (C=O) groups is 1. The molecule has 160 valence electrons. The zero-order valence-electron chi connectivity index (χ0n) is 16.3.